The van der Waals surface area contributed by atoms with Gasteiger partial charge in [0.05, 0.1) is 18.0 Å². The van der Waals surface area contributed by atoms with E-state index in [4.69, 9.17) is 10.4 Å². The smallest absolute Gasteiger partial charge is 0.317 e. The second kappa shape index (κ2) is 7.24. The van der Waals surface area contributed by atoms with Gasteiger partial charge in [-0.1, -0.05) is 13.3 Å². The average molecular weight is 226 g/mol. The van der Waals surface area contributed by atoms with Crippen LogP contribution < -0.4 is 0 Å². The molecule has 0 fully saturated rings. The highest BCUT2D eigenvalue weighted by molar-refractivity contribution is 5.69. The summed E-state index contributed by atoms with van der Waals surface area (Å²) in [7, 11) is 0. The molecular weight excluding hydrogens is 204 g/mol. The molecule has 0 unspecified atom stereocenters. The van der Waals surface area contributed by atoms with Crippen LogP contribution in [0, 0.1) is 16.7 Å². The van der Waals surface area contributed by atoms with Gasteiger partial charge in [-0.15, -0.1) is 0 Å². The van der Waals surface area contributed by atoms with Gasteiger partial charge < -0.3 is 5.11 Å². The fourth-order valence-corrected chi connectivity index (χ4v) is 1.50. The van der Waals surface area contributed by atoms with E-state index in [0.717, 1.165) is 32.4 Å². The number of hydrogen-bond acceptors (Lipinski definition) is 3. The quantitative estimate of drug-likeness (QED) is 0.644. The Kier molecular flexibility index (Phi) is 6.75. The molecular formula is C12H22N2O2. The molecule has 0 saturated heterocycles. The van der Waals surface area contributed by atoms with Crippen molar-refractivity contribution < 1.29 is 9.90 Å². The first-order chi connectivity index (χ1) is 7.41. The summed E-state index contributed by atoms with van der Waals surface area (Å²) < 4.78 is 0. The maximum absolute atomic E-state index is 10.5. The molecule has 0 aromatic heterocycles. The first kappa shape index (κ1) is 14.9. The lowest BCUT2D eigenvalue weighted by atomic mass is 9.89. The van der Waals surface area contributed by atoms with Crippen molar-refractivity contribution in [3.8, 4) is 6.07 Å². The van der Waals surface area contributed by atoms with Gasteiger partial charge in [-0.2, -0.15) is 5.26 Å². The molecule has 4 nitrogen and oxygen atoms in total. The second-order valence-electron chi connectivity index (χ2n) is 4.72. The average Bonchev–Trinajstić information content (AvgIpc) is 2.22. The van der Waals surface area contributed by atoms with Crippen LogP contribution in [0.2, 0.25) is 0 Å². The number of nitriles is 1. The monoisotopic (exact) mass is 226 g/mol. The molecule has 0 atom stereocenters. The Balaban J connectivity index is 3.72. The molecule has 0 amide bonds. The van der Waals surface area contributed by atoms with Crippen molar-refractivity contribution in [2.75, 3.05) is 19.6 Å². The molecule has 92 valence electrons. The largest absolute Gasteiger partial charge is 0.480 e. The summed E-state index contributed by atoms with van der Waals surface area (Å²) in [6.07, 6.45) is 2.79. The molecule has 0 aliphatic heterocycles. The van der Waals surface area contributed by atoms with Crippen LogP contribution in [0.4, 0.5) is 0 Å². The third kappa shape index (κ3) is 7.24. The van der Waals surface area contributed by atoms with Crippen LogP contribution in [-0.2, 0) is 4.79 Å². The molecule has 0 aromatic rings. The maximum Gasteiger partial charge on any atom is 0.317 e. The first-order valence-electron chi connectivity index (χ1n) is 5.76. The van der Waals surface area contributed by atoms with Crippen LogP contribution in [0.1, 0.15) is 40.0 Å². The molecule has 0 aliphatic rings. The molecule has 0 heterocycles. The lowest BCUT2D eigenvalue weighted by molar-refractivity contribution is -0.138. The zero-order valence-electron chi connectivity index (χ0n) is 10.5. The minimum absolute atomic E-state index is 0.109. The van der Waals surface area contributed by atoms with Gasteiger partial charge in [-0.05, 0) is 39.8 Å². The Morgan fingerprint density at radius 1 is 1.44 bits per heavy atom. The van der Waals surface area contributed by atoms with Gasteiger partial charge in [0.1, 0.15) is 0 Å². The van der Waals surface area contributed by atoms with E-state index < -0.39 is 5.97 Å². The van der Waals surface area contributed by atoms with Crippen LogP contribution in [0.15, 0.2) is 0 Å². The van der Waals surface area contributed by atoms with Crippen LogP contribution >= 0.6 is 0 Å². The summed E-state index contributed by atoms with van der Waals surface area (Å²) in [6.45, 7) is 7.49. The topological polar surface area (TPSA) is 64.3 Å². The van der Waals surface area contributed by atoms with E-state index in [1.807, 2.05) is 25.7 Å². The highest BCUT2D eigenvalue weighted by Crippen LogP contribution is 2.21. The van der Waals surface area contributed by atoms with Crippen molar-refractivity contribution in [3.63, 3.8) is 0 Å². The third-order valence-corrected chi connectivity index (χ3v) is 2.63. The normalized spacial score (nSPS) is 11.4. The van der Waals surface area contributed by atoms with Crippen molar-refractivity contribution in [2.24, 2.45) is 5.41 Å². The number of unbranched alkanes of at least 4 members (excludes halogenated alkanes) is 1. The highest BCUT2D eigenvalue weighted by atomic mass is 16.4. The summed E-state index contributed by atoms with van der Waals surface area (Å²) in [5, 5.41) is 17.5. The van der Waals surface area contributed by atoms with Crippen LogP contribution in [-0.4, -0.2) is 35.6 Å². The van der Waals surface area contributed by atoms with E-state index >= 15 is 0 Å². The Labute approximate surface area is 97.9 Å². The zero-order chi connectivity index (χ0) is 12.6. The molecule has 1 N–H and O–H groups in total. The van der Waals surface area contributed by atoms with Crippen molar-refractivity contribution in [1.82, 2.24) is 4.90 Å². The number of carboxylic acid groups (broad SMARTS) is 1. The van der Waals surface area contributed by atoms with Crippen molar-refractivity contribution >= 4 is 5.97 Å². The summed E-state index contributed by atoms with van der Waals surface area (Å²) >= 11 is 0. The molecule has 0 bridgehead atoms. The van der Waals surface area contributed by atoms with Crippen molar-refractivity contribution in [3.05, 3.63) is 0 Å². The SMILES string of the molecule is CCN(CCCCC(C)(C)C#N)CC(=O)O. The fourth-order valence-electron chi connectivity index (χ4n) is 1.50. The van der Waals surface area contributed by atoms with E-state index in [1.165, 1.54) is 0 Å². The minimum atomic E-state index is -0.779. The highest BCUT2D eigenvalue weighted by Gasteiger charge is 2.15. The lowest BCUT2D eigenvalue weighted by Crippen LogP contribution is -2.30. The molecule has 16 heavy (non-hydrogen) atoms. The van der Waals surface area contributed by atoms with Crippen LogP contribution in [0.3, 0.4) is 0 Å². The number of carboxylic acids is 1. The zero-order valence-corrected chi connectivity index (χ0v) is 10.5. The van der Waals surface area contributed by atoms with E-state index in [1.54, 1.807) is 0 Å². The molecule has 0 spiro atoms. The van der Waals surface area contributed by atoms with Crippen molar-refractivity contribution in [2.45, 2.75) is 40.0 Å². The van der Waals surface area contributed by atoms with Gasteiger partial charge >= 0.3 is 5.97 Å². The molecule has 0 aliphatic carbocycles. The molecule has 0 radical (unpaired) electrons. The number of likely N-dealkylation sites (N-methyl/N-ethyl adjacent to an activating group) is 1. The summed E-state index contributed by atoms with van der Waals surface area (Å²) in [5.41, 5.74) is -0.260. The van der Waals surface area contributed by atoms with Gasteiger partial charge in [-0.3, -0.25) is 9.69 Å². The molecule has 0 aromatic carbocycles. The van der Waals surface area contributed by atoms with Crippen LogP contribution in [0.5, 0.6) is 0 Å². The van der Waals surface area contributed by atoms with Gasteiger partial charge in [0.2, 0.25) is 0 Å². The van der Waals surface area contributed by atoms with Gasteiger partial charge in [-0.25, -0.2) is 0 Å². The number of rotatable bonds is 8. The van der Waals surface area contributed by atoms with E-state index in [-0.39, 0.29) is 12.0 Å². The number of aliphatic carboxylic acids is 1. The Bertz CT molecular complexity index is 256. The summed E-state index contributed by atoms with van der Waals surface area (Å²) in [4.78, 5) is 12.4. The third-order valence-electron chi connectivity index (χ3n) is 2.63. The minimum Gasteiger partial charge on any atom is -0.480 e. The number of hydrogen-bond donors (Lipinski definition) is 1. The summed E-state index contributed by atoms with van der Waals surface area (Å²) in [5.74, 6) is -0.779. The van der Waals surface area contributed by atoms with E-state index in [0.29, 0.717) is 0 Å². The summed E-state index contributed by atoms with van der Waals surface area (Å²) in [6, 6.07) is 2.27. The van der Waals surface area contributed by atoms with Crippen LogP contribution in [0.25, 0.3) is 0 Å². The second-order valence-corrected chi connectivity index (χ2v) is 4.72. The Morgan fingerprint density at radius 2 is 2.06 bits per heavy atom. The Hall–Kier alpha value is -1.08. The molecule has 0 saturated carbocycles. The predicted molar refractivity (Wildman–Crippen MR) is 63.0 cm³/mol. The van der Waals surface area contributed by atoms with Gasteiger partial charge in [0.25, 0.3) is 0 Å². The Morgan fingerprint density at radius 3 is 2.50 bits per heavy atom. The molecule has 0 rings (SSSR count). The number of carbonyl (C=O) groups is 1. The van der Waals surface area contributed by atoms with Crippen molar-refractivity contribution in [1.29, 1.82) is 5.26 Å². The standard InChI is InChI=1S/C12H22N2O2/c1-4-14(9-11(15)16)8-6-5-7-12(2,3)10-13/h4-9H2,1-3H3,(H,15,16). The number of nitrogens with zero attached hydrogens (tertiary/aromatic N) is 2. The fraction of sp³-hybridized carbons (Fsp3) is 0.833. The molecule has 4 heteroatoms. The first-order valence-corrected chi connectivity index (χ1v) is 5.76. The predicted octanol–water partition coefficient (Wildman–Crippen LogP) is 2.11. The lowest BCUT2D eigenvalue weighted by Gasteiger charge is -2.19. The van der Waals surface area contributed by atoms with E-state index in [9.17, 15) is 4.79 Å². The maximum atomic E-state index is 10.5. The van der Waals surface area contributed by atoms with Gasteiger partial charge in [0.15, 0.2) is 0 Å². The van der Waals surface area contributed by atoms with E-state index in [2.05, 4.69) is 6.07 Å². The van der Waals surface area contributed by atoms with Gasteiger partial charge in [0, 0.05) is 0 Å².